The highest BCUT2D eigenvalue weighted by molar-refractivity contribution is 9.10. The number of aromatic amines is 1. The van der Waals surface area contributed by atoms with Crippen LogP contribution in [0, 0.1) is 6.92 Å². The number of hydrogen-bond donors (Lipinski definition) is 1. The number of fused-ring (bicyclic) bond motifs is 1. The van der Waals surface area contributed by atoms with Gasteiger partial charge in [0.2, 0.25) is 5.78 Å². The number of aryl methyl sites for hydroxylation is 1. The van der Waals surface area contributed by atoms with Gasteiger partial charge in [-0.3, -0.25) is 4.79 Å². The van der Waals surface area contributed by atoms with E-state index in [1.807, 2.05) is 43.3 Å². The van der Waals surface area contributed by atoms with Gasteiger partial charge in [0.1, 0.15) is 5.75 Å². The van der Waals surface area contributed by atoms with Crippen LogP contribution in [0.3, 0.4) is 0 Å². The summed E-state index contributed by atoms with van der Waals surface area (Å²) in [7, 11) is 0. The third-order valence-electron chi connectivity index (χ3n) is 3.99. The van der Waals surface area contributed by atoms with Crippen molar-refractivity contribution in [3.8, 4) is 5.75 Å². The lowest BCUT2D eigenvalue weighted by Gasteiger charge is -2.13. The minimum absolute atomic E-state index is 0.239. The summed E-state index contributed by atoms with van der Waals surface area (Å²) >= 11 is 3.33. The molecule has 5 nitrogen and oxygen atoms in total. The number of rotatable bonds is 6. The number of benzene rings is 2. The molecule has 0 saturated heterocycles. The number of nitrogens with one attached hydrogen (secondary N) is 1. The minimum Gasteiger partial charge on any atom is -0.482 e. The minimum atomic E-state index is -0.895. The number of ketones is 1. The normalized spacial score (nSPS) is 12.0. The van der Waals surface area contributed by atoms with Crippen molar-refractivity contribution in [1.29, 1.82) is 0 Å². The second kappa shape index (κ2) is 7.74. The second-order valence-corrected chi connectivity index (χ2v) is 6.83. The molecule has 1 heterocycles. The average Bonchev–Trinajstić information content (AvgIpc) is 2.96. The number of Topliss-reactive ketones (excluding diaryl/α,β-unsaturated/α-hetero) is 1. The molecule has 0 radical (unpaired) electrons. The standard InChI is InChI=1S/C20H18BrNO4/c1-12-19(16-5-3-4-6-17(16)22-12)20(24)13(2)26-18(23)11-25-15-9-7-14(21)8-10-15/h3-10,13,22H,11H2,1-2H3/t13-/m1/s1. The summed E-state index contributed by atoms with van der Waals surface area (Å²) < 4.78 is 11.5. The maximum atomic E-state index is 12.7. The number of halogens is 1. The number of carbonyl (C=O) groups excluding carboxylic acids is 2. The summed E-state index contributed by atoms with van der Waals surface area (Å²) in [5.74, 6) is -0.278. The van der Waals surface area contributed by atoms with Gasteiger partial charge in [-0.1, -0.05) is 34.1 Å². The van der Waals surface area contributed by atoms with Gasteiger partial charge in [0.15, 0.2) is 12.7 Å². The zero-order valence-corrected chi connectivity index (χ0v) is 16.0. The van der Waals surface area contributed by atoms with Gasteiger partial charge in [-0.05, 0) is 44.2 Å². The van der Waals surface area contributed by atoms with Gasteiger partial charge < -0.3 is 14.5 Å². The molecule has 26 heavy (non-hydrogen) atoms. The Morgan fingerprint density at radius 3 is 2.54 bits per heavy atom. The van der Waals surface area contributed by atoms with Crippen molar-refractivity contribution in [1.82, 2.24) is 4.98 Å². The van der Waals surface area contributed by atoms with Crippen LogP contribution in [-0.4, -0.2) is 29.4 Å². The summed E-state index contributed by atoms with van der Waals surface area (Å²) in [5.41, 5.74) is 2.19. The summed E-state index contributed by atoms with van der Waals surface area (Å²) in [6, 6.07) is 14.6. The number of H-pyrrole nitrogens is 1. The molecular formula is C20H18BrNO4. The van der Waals surface area contributed by atoms with Crippen molar-refractivity contribution in [2.24, 2.45) is 0 Å². The third kappa shape index (κ3) is 3.96. The summed E-state index contributed by atoms with van der Waals surface area (Å²) in [6.45, 7) is 3.14. The number of hydrogen-bond acceptors (Lipinski definition) is 4. The Balaban J connectivity index is 1.64. The number of esters is 1. The highest BCUT2D eigenvalue weighted by Gasteiger charge is 2.24. The lowest BCUT2D eigenvalue weighted by atomic mass is 10.0. The maximum Gasteiger partial charge on any atom is 0.344 e. The summed E-state index contributed by atoms with van der Waals surface area (Å²) in [4.78, 5) is 27.9. The molecule has 0 spiro atoms. The van der Waals surface area contributed by atoms with E-state index < -0.39 is 12.1 Å². The quantitative estimate of drug-likeness (QED) is 0.477. The molecule has 1 atom stereocenters. The summed E-state index contributed by atoms with van der Waals surface area (Å²) in [6.07, 6.45) is -0.895. The number of aromatic nitrogens is 1. The molecule has 0 aliphatic carbocycles. The molecule has 0 fully saturated rings. The molecular weight excluding hydrogens is 398 g/mol. The SMILES string of the molecule is Cc1[nH]c2ccccc2c1C(=O)[C@@H](C)OC(=O)COc1ccc(Br)cc1. The third-order valence-corrected chi connectivity index (χ3v) is 4.52. The predicted octanol–water partition coefficient (Wildman–Crippen LogP) is 4.43. The highest BCUT2D eigenvalue weighted by atomic mass is 79.9. The van der Waals surface area contributed by atoms with E-state index in [0.717, 1.165) is 21.1 Å². The largest absolute Gasteiger partial charge is 0.482 e. The first-order chi connectivity index (χ1) is 12.5. The van der Waals surface area contributed by atoms with Gasteiger partial charge in [0, 0.05) is 26.6 Å². The zero-order chi connectivity index (χ0) is 18.7. The molecule has 1 N–H and O–H groups in total. The smallest absolute Gasteiger partial charge is 0.344 e. The van der Waals surface area contributed by atoms with Crippen LogP contribution in [0.15, 0.2) is 53.0 Å². The van der Waals surface area contributed by atoms with Crippen LogP contribution >= 0.6 is 15.9 Å². The first kappa shape index (κ1) is 18.2. The van der Waals surface area contributed by atoms with Crippen molar-refractivity contribution in [3.05, 3.63) is 64.3 Å². The number of ether oxygens (including phenoxy) is 2. The van der Waals surface area contributed by atoms with E-state index in [1.54, 1.807) is 19.1 Å². The molecule has 6 heteroatoms. The van der Waals surface area contributed by atoms with Crippen molar-refractivity contribution in [3.63, 3.8) is 0 Å². The van der Waals surface area contributed by atoms with Crippen LogP contribution in [0.25, 0.3) is 10.9 Å². The monoisotopic (exact) mass is 415 g/mol. The van der Waals surface area contributed by atoms with Crippen LogP contribution in [0.2, 0.25) is 0 Å². The lowest BCUT2D eigenvalue weighted by Crippen LogP contribution is -2.27. The fourth-order valence-electron chi connectivity index (χ4n) is 2.76. The molecule has 134 valence electrons. The van der Waals surface area contributed by atoms with Crippen LogP contribution < -0.4 is 4.74 Å². The average molecular weight is 416 g/mol. The lowest BCUT2D eigenvalue weighted by molar-refractivity contribution is -0.148. The molecule has 0 bridgehead atoms. The molecule has 3 rings (SSSR count). The van der Waals surface area contributed by atoms with Gasteiger partial charge in [-0.2, -0.15) is 0 Å². The number of carbonyl (C=O) groups is 2. The predicted molar refractivity (Wildman–Crippen MR) is 103 cm³/mol. The Kier molecular flexibility index (Phi) is 5.42. The zero-order valence-electron chi connectivity index (χ0n) is 14.4. The molecule has 0 amide bonds. The van der Waals surface area contributed by atoms with Crippen molar-refractivity contribution < 1.29 is 19.1 Å². The topological polar surface area (TPSA) is 68.4 Å². The van der Waals surface area contributed by atoms with Crippen LogP contribution in [-0.2, 0) is 9.53 Å². The Morgan fingerprint density at radius 1 is 1.12 bits per heavy atom. The molecule has 2 aromatic carbocycles. The maximum absolute atomic E-state index is 12.7. The van der Waals surface area contributed by atoms with E-state index in [1.165, 1.54) is 0 Å². The Bertz CT molecular complexity index is 946. The van der Waals surface area contributed by atoms with Gasteiger partial charge >= 0.3 is 5.97 Å². The van der Waals surface area contributed by atoms with E-state index in [9.17, 15) is 9.59 Å². The van der Waals surface area contributed by atoms with Crippen LogP contribution in [0.5, 0.6) is 5.75 Å². The van der Waals surface area contributed by atoms with Crippen molar-refractivity contribution in [2.45, 2.75) is 20.0 Å². The van der Waals surface area contributed by atoms with E-state index >= 15 is 0 Å². The Labute approximate surface area is 159 Å². The molecule has 1 aromatic heterocycles. The van der Waals surface area contributed by atoms with Crippen molar-refractivity contribution >= 4 is 38.6 Å². The first-order valence-corrected chi connectivity index (χ1v) is 8.94. The number of para-hydroxylation sites is 1. The highest BCUT2D eigenvalue weighted by Crippen LogP contribution is 2.24. The fraction of sp³-hybridized carbons (Fsp3) is 0.200. The second-order valence-electron chi connectivity index (χ2n) is 5.91. The van der Waals surface area contributed by atoms with E-state index in [4.69, 9.17) is 9.47 Å². The molecule has 0 aliphatic heterocycles. The molecule has 0 aliphatic rings. The van der Waals surface area contributed by atoms with Gasteiger partial charge in [0.05, 0.1) is 0 Å². The van der Waals surface area contributed by atoms with E-state index in [2.05, 4.69) is 20.9 Å². The van der Waals surface area contributed by atoms with E-state index in [0.29, 0.717) is 11.3 Å². The van der Waals surface area contributed by atoms with E-state index in [-0.39, 0.29) is 12.4 Å². The van der Waals surface area contributed by atoms with Gasteiger partial charge in [-0.25, -0.2) is 4.79 Å². The van der Waals surface area contributed by atoms with Crippen molar-refractivity contribution in [2.75, 3.05) is 6.61 Å². The van der Waals surface area contributed by atoms with Gasteiger partial charge in [0.25, 0.3) is 0 Å². The Morgan fingerprint density at radius 2 is 1.81 bits per heavy atom. The molecule has 0 saturated carbocycles. The first-order valence-electron chi connectivity index (χ1n) is 8.15. The molecule has 3 aromatic rings. The Hall–Kier alpha value is -2.60. The van der Waals surface area contributed by atoms with Crippen LogP contribution in [0.4, 0.5) is 0 Å². The van der Waals surface area contributed by atoms with Crippen LogP contribution in [0.1, 0.15) is 23.0 Å². The summed E-state index contributed by atoms with van der Waals surface area (Å²) in [5, 5.41) is 0.823. The fourth-order valence-corrected chi connectivity index (χ4v) is 3.02. The van der Waals surface area contributed by atoms with Gasteiger partial charge in [-0.15, -0.1) is 0 Å². The molecule has 0 unspecified atom stereocenters.